The van der Waals surface area contributed by atoms with E-state index in [1.807, 2.05) is 11.0 Å². The van der Waals surface area contributed by atoms with Gasteiger partial charge in [-0.25, -0.2) is 8.78 Å². The summed E-state index contributed by atoms with van der Waals surface area (Å²) in [4.78, 5) is 28.3. The predicted molar refractivity (Wildman–Crippen MR) is 184 cm³/mol. The van der Waals surface area contributed by atoms with Gasteiger partial charge in [-0.2, -0.15) is 20.3 Å². The van der Waals surface area contributed by atoms with Crippen LogP contribution >= 0.6 is 0 Å². The van der Waals surface area contributed by atoms with Crippen molar-refractivity contribution in [2.24, 2.45) is 0 Å². The fourth-order valence-electron chi connectivity index (χ4n) is 9.31. The summed E-state index contributed by atoms with van der Waals surface area (Å²) >= 11 is 0. The molecular formula is C37H45F2N9O3. The molecule has 12 nitrogen and oxygen atoms in total. The molecule has 1 amide bonds. The summed E-state index contributed by atoms with van der Waals surface area (Å²) in [5.74, 6) is -0.303. The van der Waals surface area contributed by atoms with E-state index in [1.165, 1.54) is 4.90 Å². The number of alkyl halides is 1. The molecule has 2 aromatic heterocycles. The molecule has 14 heteroatoms. The molecule has 6 heterocycles. The lowest BCUT2D eigenvalue weighted by Gasteiger charge is -2.45. The van der Waals surface area contributed by atoms with Crippen molar-refractivity contribution in [2.45, 2.75) is 101 Å². The highest BCUT2D eigenvalue weighted by Crippen LogP contribution is 2.51. The quantitative estimate of drug-likeness (QED) is 0.363. The average molecular weight is 702 g/mol. The van der Waals surface area contributed by atoms with Crippen molar-refractivity contribution in [3.63, 3.8) is 0 Å². The largest absolute Gasteiger partial charge is 0.463 e. The van der Waals surface area contributed by atoms with Gasteiger partial charge >= 0.3 is 6.01 Å². The lowest BCUT2D eigenvalue weighted by molar-refractivity contribution is -0.0873. The molecule has 2 fully saturated rings. The third-order valence-corrected chi connectivity index (χ3v) is 11.9. The van der Waals surface area contributed by atoms with Crippen molar-refractivity contribution in [3.8, 4) is 12.1 Å². The number of nitrogen functional groups attached to an aromatic ring is 1. The zero-order valence-electron chi connectivity index (χ0n) is 29.6. The first kappa shape index (κ1) is 33.8. The second-order valence-electron chi connectivity index (χ2n) is 15.2. The molecule has 2 N–H and O–H groups in total. The highest BCUT2D eigenvalue weighted by molar-refractivity contribution is 5.92. The molecule has 5 aliphatic rings. The summed E-state index contributed by atoms with van der Waals surface area (Å²) in [7, 11) is 3.15. The van der Waals surface area contributed by atoms with E-state index in [-0.39, 0.29) is 36.3 Å². The number of carbonyl (C=O) groups is 1. The smallest absolute Gasteiger partial charge is 0.318 e. The van der Waals surface area contributed by atoms with Gasteiger partial charge in [0.15, 0.2) is 11.5 Å². The number of benzene rings is 1. The first-order valence-corrected chi connectivity index (χ1v) is 18.1. The molecule has 1 spiro atoms. The summed E-state index contributed by atoms with van der Waals surface area (Å²) in [6.45, 7) is 5.18. The van der Waals surface area contributed by atoms with Gasteiger partial charge in [0.05, 0.1) is 36.7 Å². The lowest BCUT2D eigenvalue weighted by atomic mass is 9.69. The number of aryl methyl sites for hydroxylation is 1. The fraction of sp³-hybridized carbons (Fsp3) is 0.595. The third-order valence-electron chi connectivity index (χ3n) is 11.9. The molecule has 2 saturated heterocycles. The van der Waals surface area contributed by atoms with Crippen LogP contribution in [0.4, 0.5) is 20.3 Å². The van der Waals surface area contributed by atoms with Crippen LogP contribution in [0, 0.1) is 17.1 Å². The minimum atomic E-state index is -0.827. The maximum absolute atomic E-state index is 15.9. The number of nitrogens with two attached hydrogens (primary N) is 1. The van der Waals surface area contributed by atoms with Gasteiger partial charge in [0.1, 0.15) is 23.7 Å². The highest BCUT2D eigenvalue weighted by Gasteiger charge is 2.49. The minimum Gasteiger partial charge on any atom is -0.463 e. The number of nitriles is 1. The molecule has 4 atom stereocenters. The summed E-state index contributed by atoms with van der Waals surface area (Å²) in [6.07, 6.45) is 4.94. The average Bonchev–Trinajstić information content (AvgIpc) is 3.67. The first-order valence-electron chi connectivity index (χ1n) is 18.1. The maximum atomic E-state index is 15.9. The first-order chi connectivity index (χ1) is 24.5. The van der Waals surface area contributed by atoms with Gasteiger partial charge in [-0.3, -0.25) is 14.4 Å². The summed E-state index contributed by atoms with van der Waals surface area (Å²) in [5.41, 5.74) is 9.75. The van der Waals surface area contributed by atoms with Crippen molar-refractivity contribution in [3.05, 3.63) is 57.3 Å². The maximum Gasteiger partial charge on any atom is 0.318 e. The number of fused-ring (bicyclic) bond motifs is 5. The molecule has 0 radical (unpaired) electrons. The molecule has 51 heavy (non-hydrogen) atoms. The molecule has 0 saturated carbocycles. The van der Waals surface area contributed by atoms with Crippen molar-refractivity contribution >= 4 is 17.4 Å². The Labute approximate surface area is 296 Å². The van der Waals surface area contributed by atoms with Gasteiger partial charge in [-0.05, 0) is 62.6 Å². The zero-order valence-corrected chi connectivity index (χ0v) is 29.6. The number of amides is 1. The van der Waals surface area contributed by atoms with Gasteiger partial charge in [0, 0.05) is 68.9 Å². The lowest BCUT2D eigenvalue weighted by Crippen LogP contribution is -2.42. The number of halogens is 2. The highest BCUT2D eigenvalue weighted by atomic mass is 19.1. The number of carbonyl (C=O) groups excluding carboxylic acids is 1. The van der Waals surface area contributed by atoms with E-state index in [4.69, 9.17) is 25.2 Å². The van der Waals surface area contributed by atoms with Gasteiger partial charge in [-0.1, -0.05) is 13.0 Å². The Bertz CT molecular complexity index is 1930. The van der Waals surface area contributed by atoms with Crippen molar-refractivity contribution in [1.29, 1.82) is 5.26 Å². The van der Waals surface area contributed by atoms with Crippen LogP contribution in [0.2, 0.25) is 0 Å². The summed E-state index contributed by atoms with van der Waals surface area (Å²) in [6, 6.07) is 6.37. The van der Waals surface area contributed by atoms with E-state index in [9.17, 15) is 14.4 Å². The van der Waals surface area contributed by atoms with Crippen molar-refractivity contribution in [2.75, 3.05) is 51.0 Å². The number of aromatic nitrogens is 4. The van der Waals surface area contributed by atoms with E-state index in [1.54, 1.807) is 24.8 Å². The molecule has 1 aliphatic carbocycles. The fourth-order valence-corrected chi connectivity index (χ4v) is 9.31. The predicted octanol–water partition coefficient (Wildman–Crippen LogP) is 4.59. The molecule has 1 aromatic carbocycles. The number of nitrogens with zero attached hydrogens (tertiary/aromatic N) is 8. The van der Waals surface area contributed by atoms with Crippen molar-refractivity contribution in [1.82, 2.24) is 29.5 Å². The summed E-state index contributed by atoms with van der Waals surface area (Å²) in [5, 5.41) is 14.6. The Balaban J connectivity index is 1.17. The number of hydrogen-bond acceptors (Lipinski definition) is 10. The molecule has 0 unspecified atom stereocenters. The minimum absolute atomic E-state index is 0.138. The molecule has 0 bridgehead atoms. The van der Waals surface area contributed by atoms with Crippen LogP contribution in [0.25, 0.3) is 0 Å². The molecular weight excluding hydrogens is 656 g/mol. The molecule has 8 rings (SSSR count). The van der Waals surface area contributed by atoms with E-state index in [0.29, 0.717) is 81.1 Å². The van der Waals surface area contributed by atoms with Crippen LogP contribution in [0.1, 0.15) is 102 Å². The summed E-state index contributed by atoms with van der Waals surface area (Å²) < 4.78 is 45.2. The van der Waals surface area contributed by atoms with Gasteiger partial charge in [0.25, 0.3) is 5.91 Å². The Morgan fingerprint density at radius 2 is 2.06 bits per heavy atom. The van der Waals surface area contributed by atoms with E-state index >= 15 is 4.39 Å². The Kier molecular flexibility index (Phi) is 8.41. The van der Waals surface area contributed by atoms with Crippen LogP contribution in [0.15, 0.2) is 12.1 Å². The Morgan fingerprint density at radius 3 is 2.86 bits per heavy atom. The zero-order chi connectivity index (χ0) is 35.7. The normalized spacial score (nSPS) is 26.9. The van der Waals surface area contributed by atoms with Crippen molar-refractivity contribution < 1.29 is 23.0 Å². The van der Waals surface area contributed by atoms with Gasteiger partial charge < -0.3 is 25.0 Å². The SMILES string of the molecule is C[C@H]1CC[C@]2(Cc3nc(OCC[C@]45CCCN4C[C@H](F)C5)nc(N4CCCn5nc(C(=O)N(C)C)c(F)c5C4)c3CO2)c2c1ccc(N)c2C#N. The van der Waals surface area contributed by atoms with Crippen LogP contribution in [-0.2, 0) is 36.5 Å². The van der Waals surface area contributed by atoms with E-state index in [0.717, 1.165) is 48.2 Å². The Morgan fingerprint density at radius 1 is 1.22 bits per heavy atom. The Hall–Kier alpha value is -4.35. The number of ether oxygens (including phenoxy) is 2. The molecule has 3 aromatic rings. The topological polar surface area (TPSA) is 139 Å². The number of rotatable bonds is 6. The van der Waals surface area contributed by atoms with Crippen LogP contribution in [0.5, 0.6) is 6.01 Å². The third kappa shape index (κ3) is 5.60. The molecule has 270 valence electrons. The van der Waals surface area contributed by atoms with E-state index < -0.39 is 23.5 Å². The van der Waals surface area contributed by atoms with Gasteiger partial charge in [-0.15, -0.1) is 0 Å². The second kappa shape index (κ2) is 12.7. The van der Waals surface area contributed by atoms with Crippen LogP contribution < -0.4 is 15.4 Å². The standard InChI is InChI=1S/C37H45F2N9O3/c1-22-8-10-37(30-24(22)6-7-27(41)25(30)18-40)17-28-26(21-51-37)33(43-35(42-28)50-15-11-36-9-4-13-47(36)19-23(38)16-36)46-12-5-14-48-29(20-46)31(39)32(44-48)34(49)45(2)3/h6-7,22-23H,4-5,8-17,19-21,41H2,1-3H3/t22-,23+,36-,37-/m0/s1. The van der Waals surface area contributed by atoms with Gasteiger partial charge in [0.2, 0.25) is 0 Å². The molecule has 4 aliphatic heterocycles. The number of hydrogen-bond donors (Lipinski definition) is 1. The van der Waals surface area contributed by atoms with E-state index in [2.05, 4.69) is 23.0 Å². The second-order valence-corrected chi connectivity index (χ2v) is 15.2. The van der Waals surface area contributed by atoms with Crippen LogP contribution in [0.3, 0.4) is 0 Å². The van der Waals surface area contributed by atoms with Crippen LogP contribution in [-0.4, -0.2) is 87.5 Å². The number of anilines is 2. The monoisotopic (exact) mass is 701 g/mol.